The Hall–Kier alpha value is -1.59. The number of hydrogen-bond acceptors (Lipinski definition) is 3. The quantitative estimate of drug-likeness (QED) is 0.718. The van der Waals surface area contributed by atoms with Crippen molar-refractivity contribution in [1.29, 1.82) is 0 Å². The van der Waals surface area contributed by atoms with Gasteiger partial charge in [0.05, 0.1) is 6.61 Å². The second-order valence-corrected chi connectivity index (χ2v) is 5.03. The summed E-state index contributed by atoms with van der Waals surface area (Å²) >= 11 is 0. The Balaban J connectivity index is 2.49. The molecule has 5 nitrogen and oxygen atoms in total. The molecule has 2 unspecified atom stereocenters. The van der Waals surface area contributed by atoms with Gasteiger partial charge in [0.2, 0.25) is 0 Å². The second kappa shape index (κ2) is 8.55. The molecule has 0 aromatic heterocycles. The van der Waals surface area contributed by atoms with E-state index in [9.17, 15) is 4.79 Å². The predicted octanol–water partition coefficient (Wildman–Crippen LogP) is 2.37. The van der Waals surface area contributed by atoms with Crippen LogP contribution < -0.4 is 16.0 Å². The molecule has 0 aliphatic heterocycles. The van der Waals surface area contributed by atoms with Crippen LogP contribution in [0.15, 0.2) is 24.3 Å². The highest BCUT2D eigenvalue weighted by atomic mass is 16.5. The fourth-order valence-corrected chi connectivity index (χ4v) is 1.84. The van der Waals surface area contributed by atoms with Gasteiger partial charge in [-0.05, 0) is 37.6 Å². The van der Waals surface area contributed by atoms with E-state index in [4.69, 9.17) is 4.74 Å². The maximum Gasteiger partial charge on any atom is 0.319 e. The van der Waals surface area contributed by atoms with Gasteiger partial charge in [-0.2, -0.15) is 0 Å². The van der Waals surface area contributed by atoms with E-state index in [0.717, 1.165) is 11.3 Å². The van der Waals surface area contributed by atoms with Gasteiger partial charge in [-0.15, -0.1) is 0 Å². The Labute approximate surface area is 121 Å². The van der Waals surface area contributed by atoms with E-state index >= 15 is 0 Å². The number of methoxy groups -OCH3 is 1. The van der Waals surface area contributed by atoms with Crippen molar-refractivity contribution in [3.05, 3.63) is 29.8 Å². The number of carbonyl (C=O) groups excluding carboxylic acids is 1. The van der Waals surface area contributed by atoms with Crippen molar-refractivity contribution >= 4 is 11.7 Å². The van der Waals surface area contributed by atoms with Gasteiger partial charge in [-0.3, -0.25) is 0 Å². The maximum atomic E-state index is 11.8. The van der Waals surface area contributed by atoms with Crippen molar-refractivity contribution in [1.82, 2.24) is 10.6 Å². The number of rotatable bonds is 7. The monoisotopic (exact) mass is 279 g/mol. The number of hydrogen-bond donors (Lipinski definition) is 3. The molecule has 5 heteroatoms. The van der Waals surface area contributed by atoms with Crippen molar-refractivity contribution < 1.29 is 9.53 Å². The molecule has 112 valence electrons. The van der Waals surface area contributed by atoms with Crippen LogP contribution in [0.3, 0.4) is 0 Å². The average molecular weight is 279 g/mol. The number of anilines is 1. The van der Waals surface area contributed by atoms with Gasteiger partial charge >= 0.3 is 6.03 Å². The third kappa shape index (κ3) is 5.59. The zero-order valence-electron chi connectivity index (χ0n) is 12.7. The van der Waals surface area contributed by atoms with E-state index in [1.165, 1.54) is 0 Å². The molecule has 0 spiro atoms. The molecule has 0 bridgehead atoms. The highest BCUT2D eigenvalue weighted by Gasteiger charge is 2.07. The van der Waals surface area contributed by atoms with Crippen molar-refractivity contribution in [3.8, 4) is 0 Å². The van der Waals surface area contributed by atoms with Gasteiger partial charge in [0.1, 0.15) is 0 Å². The minimum absolute atomic E-state index is 0.192. The molecule has 0 aliphatic carbocycles. The molecule has 2 amide bonds. The SMILES string of the molecule is CNC(C)c1cccc(NC(=O)NCC(C)COC)c1. The number of amides is 2. The zero-order chi connectivity index (χ0) is 15.0. The smallest absolute Gasteiger partial charge is 0.319 e. The molecular weight excluding hydrogens is 254 g/mol. The zero-order valence-corrected chi connectivity index (χ0v) is 12.7. The fourth-order valence-electron chi connectivity index (χ4n) is 1.84. The lowest BCUT2D eigenvalue weighted by Gasteiger charge is -2.14. The van der Waals surface area contributed by atoms with Crippen LogP contribution in [0.1, 0.15) is 25.5 Å². The van der Waals surface area contributed by atoms with Gasteiger partial charge in [0.15, 0.2) is 0 Å². The largest absolute Gasteiger partial charge is 0.384 e. The Morgan fingerprint density at radius 3 is 2.75 bits per heavy atom. The highest BCUT2D eigenvalue weighted by Crippen LogP contribution is 2.16. The van der Waals surface area contributed by atoms with E-state index < -0.39 is 0 Å². The van der Waals surface area contributed by atoms with Crippen LogP contribution in [0.4, 0.5) is 10.5 Å². The third-order valence-corrected chi connectivity index (χ3v) is 3.14. The molecule has 0 heterocycles. The van der Waals surface area contributed by atoms with E-state index in [1.54, 1.807) is 7.11 Å². The molecule has 1 aromatic carbocycles. The highest BCUT2D eigenvalue weighted by molar-refractivity contribution is 5.89. The van der Waals surface area contributed by atoms with E-state index in [2.05, 4.69) is 22.9 Å². The molecule has 1 rings (SSSR count). The maximum absolute atomic E-state index is 11.8. The number of urea groups is 1. The van der Waals surface area contributed by atoms with Crippen LogP contribution in [0, 0.1) is 5.92 Å². The topological polar surface area (TPSA) is 62.4 Å². The first-order valence-corrected chi connectivity index (χ1v) is 6.87. The number of carbonyl (C=O) groups is 1. The van der Waals surface area contributed by atoms with Crippen molar-refractivity contribution in [2.45, 2.75) is 19.9 Å². The van der Waals surface area contributed by atoms with E-state index in [0.29, 0.717) is 19.1 Å². The van der Waals surface area contributed by atoms with Gasteiger partial charge < -0.3 is 20.7 Å². The molecule has 0 fully saturated rings. The van der Waals surface area contributed by atoms with E-state index in [-0.39, 0.29) is 12.1 Å². The molecule has 0 radical (unpaired) electrons. The molecule has 0 saturated carbocycles. The summed E-state index contributed by atoms with van der Waals surface area (Å²) in [6, 6.07) is 7.88. The summed E-state index contributed by atoms with van der Waals surface area (Å²) in [6.45, 7) is 5.33. The summed E-state index contributed by atoms with van der Waals surface area (Å²) in [5.74, 6) is 0.293. The van der Waals surface area contributed by atoms with Crippen LogP contribution >= 0.6 is 0 Å². The Morgan fingerprint density at radius 2 is 2.10 bits per heavy atom. The number of benzene rings is 1. The standard InChI is InChI=1S/C15H25N3O2/c1-11(10-20-4)9-17-15(19)18-14-7-5-6-13(8-14)12(2)16-3/h5-8,11-12,16H,9-10H2,1-4H3,(H2,17,18,19). The van der Waals surface area contributed by atoms with Crippen molar-refractivity contribution in [3.63, 3.8) is 0 Å². The lowest BCUT2D eigenvalue weighted by molar-refractivity contribution is 0.159. The molecule has 0 aliphatic rings. The lowest BCUT2D eigenvalue weighted by Crippen LogP contribution is -2.33. The van der Waals surface area contributed by atoms with Gasteiger partial charge in [-0.1, -0.05) is 19.1 Å². The summed E-state index contributed by atoms with van der Waals surface area (Å²) in [5.41, 5.74) is 1.93. The van der Waals surface area contributed by atoms with Crippen LogP contribution in [-0.4, -0.2) is 33.3 Å². The van der Waals surface area contributed by atoms with Gasteiger partial charge in [-0.25, -0.2) is 4.79 Å². The molecule has 1 aromatic rings. The summed E-state index contributed by atoms with van der Waals surface area (Å²) in [7, 11) is 3.57. The number of ether oxygens (including phenoxy) is 1. The van der Waals surface area contributed by atoms with Crippen LogP contribution in [0.2, 0.25) is 0 Å². The first kappa shape index (κ1) is 16.5. The second-order valence-electron chi connectivity index (χ2n) is 5.03. The molecule has 3 N–H and O–H groups in total. The Kier molecular flexibility index (Phi) is 7.04. The molecule has 0 saturated heterocycles. The molecule has 20 heavy (non-hydrogen) atoms. The van der Waals surface area contributed by atoms with Crippen molar-refractivity contribution in [2.24, 2.45) is 5.92 Å². The average Bonchev–Trinajstić information content (AvgIpc) is 2.45. The Bertz CT molecular complexity index is 423. The summed E-state index contributed by atoms with van der Waals surface area (Å²) in [5, 5.41) is 8.85. The first-order chi connectivity index (χ1) is 9.56. The van der Waals surface area contributed by atoms with Crippen LogP contribution in [0.25, 0.3) is 0 Å². The normalized spacial score (nSPS) is 13.6. The first-order valence-electron chi connectivity index (χ1n) is 6.87. The van der Waals surface area contributed by atoms with Crippen LogP contribution in [-0.2, 0) is 4.74 Å². The summed E-state index contributed by atoms with van der Waals surface area (Å²) in [6.07, 6.45) is 0. The molecule has 2 atom stereocenters. The lowest BCUT2D eigenvalue weighted by atomic mass is 10.1. The van der Waals surface area contributed by atoms with Gasteiger partial charge in [0.25, 0.3) is 0 Å². The predicted molar refractivity (Wildman–Crippen MR) is 82.0 cm³/mol. The minimum atomic E-state index is -0.192. The third-order valence-electron chi connectivity index (χ3n) is 3.14. The Morgan fingerprint density at radius 1 is 1.35 bits per heavy atom. The molecular formula is C15H25N3O2. The minimum Gasteiger partial charge on any atom is -0.384 e. The van der Waals surface area contributed by atoms with Gasteiger partial charge in [0, 0.05) is 25.4 Å². The fraction of sp³-hybridized carbons (Fsp3) is 0.533. The van der Waals surface area contributed by atoms with E-state index in [1.807, 2.05) is 38.2 Å². The van der Waals surface area contributed by atoms with Crippen LogP contribution in [0.5, 0.6) is 0 Å². The summed E-state index contributed by atoms with van der Waals surface area (Å²) in [4.78, 5) is 11.8. The number of nitrogens with one attached hydrogen (secondary N) is 3. The summed E-state index contributed by atoms with van der Waals surface area (Å²) < 4.78 is 5.03. The van der Waals surface area contributed by atoms with Crippen molar-refractivity contribution in [2.75, 3.05) is 32.6 Å².